The number of halogens is 3. The molecule has 1 aliphatic heterocycles. The van der Waals surface area contributed by atoms with E-state index in [-0.39, 0.29) is 36.9 Å². The highest BCUT2D eigenvalue weighted by Crippen LogP contribution is 2.26. The highest BCUT2D eigenvalue weighted by Gasteiger charge is 2.35. The maximum atomic E-state index is 12.4. The SMILES string of the molecule is NCc1ccc(S(=O)(=O)N2CCN(CC(F)(F)F)CC2)s1. The molecule has 1 saturated heterocycles. The summed E-state index contributed by atoms with van der Waals surface area (Å²) in [6, 6.07) is 3.14. The Morgan fingerprint density at radius 3 is 2.29 bits per heavy atom. The first-order chi connectivity index (χ1) is 9.72. The number of nitrogens with two attached hydrogens (primary N) is 1. The molecule has 1 fully saturated rings. The van der Waals surface area contributed by atoms with Gasteiger partial charge in [0, 0.05) is 37.6 Å². The molecule has 0 radical (unpaired) electrons. The van der Waals surface area contributed by atoms with Crippen LogP contribution in [0.25, 0.3) is 0 Å². The third-order valence-electron chi connectivity index (χ3n) is 3.17. The quantitative estimate of drug-likeness (QED) is 0.888. The van der Waals surface area contributed by atoms with Gasteiger partial charge in [0.25, 0.3) is 10.0 Å². The molecule has 5 nitrogen and oxygen atoms in total. The Kier molecular flexibility index (Phi) is 4.93. The van der Waals surface area contributed by atoms with Crippen molar-refractivity contribution in [3.63, 3.8) is 0 Å². The fourth-order valence-electron chi connectivity index (χ4n) is 2.12. The maximum Gasteiger partial charge on any atom is 0.401 e. The summed E-state index contributed by atoms with van der Waals surface area (Å²) in [6.07, 6.45) is -4.26. The predicted molar refractivity (Wildman–Crippen MR) is 73.5 cm³/mol. The molecule has 1 aliphatic rings. The van der Waals surface area contributed by atoms with E-state index in [1.54, 1.807) is 6.07 Å². The van der Waals surface area contributed by atoms with Gasteiger partial charge in [-0.05, 0) is 12.1 Å². The molecule has 10 heteroatoms. The van der Waals surface area contributed by atoms with E-state index >= 15 is 0 Å². The van der Waals surface area contributed by atoms with Crippen molar-refractivity contribution in [3.05, 3.63) is 17.0 Å². The number of nitrogens with zero attached hydrogens (tertiary/aromatic N) is 2. The van der Waals surface area contributed by atoms with Gasteiger partial charge in [0.05, 0.1) is 6.54 Å². The molecule has 0 saturated carbocycles. The number of hydrogen-bond donors (Lipinski definition) is 1. The molecule has 120 valence electrons. The van der Waals surface area contributed by atoms with Crippen molar-refractivity contribution in [1.82, 2.24) is 9.21 Å². The monoisotopic (exact) mass is 343 g/mol. The summed E-state index contributed by atoms with van der Waals surface area (Å²) in [5.74, 6) is 0. The van der Waals surface area contributed by atoms with Crippen LogP contribution in [-0.2, 0) is 16.6 Å². The lowest BCUT2D eigenvalue weighted by atomic mass is 10.3. The maximum absolute atomic E-state index is 12.4. The van der Waals surface area contributed by atoms with Crippen LogP contribution in [0.3, 0.4) is 0 Å². The lowest BCUT2D eigenvalue weighted by Crippen LogP contribution is -2.50. The van der Waals surface area contributed by atoms with Crippen LogP contribution in [0.4, 0.5) is 13.2 Å². The second kappa shape index (κ2) is 6.21. The first-order valence-electron chi connectivity index (χ1n) is 6.30. The molecule has 1 aromatic rings. The number of alkyl halides is 3. The molecule has 2 heterocycles. The molecule has 2 N–H and O–H groups in total. The zero-order valence-corrected chi connectivity index (χ0v) is 12.8. The number of piperazine rings is 1. The van der Waals surface area contributed by atoms with E-state index in [2.05, 4.69) is 0 Å². The van der Waals surface area contributed by atoms with Gasteiger partial charge in [0.2, 0.25) is 0 Å². The molecule has 0 aromatic carbocycles. The van der Waals surface area contributed by atoms with Gasteiger partial charge < -0.3 is 5.73 Å². The number of hydrogen-bond acceptors (Lipinski definition) is 5. The molecule has 0 aliphatic carbocycles. The summed E-state index contributed by atoms with van der Waals surface area (Å²) >= 11 is 1.10. The topological polar surface area (TPSA) is 66.6 Å². The van der Waals surface area contributed by atoms with Crippen LogP contribution in [0.15, 0.2) is 16.3 Å². The van der Waals surface area contributed by atoms with E-state index < -0.39 is 22.7 Å². The largest absolute Gasteiger partial charge is 0.401 e. The van der Waals surface area contributed by atoms with Crippen molar-refractivity contribution >= 4 is 21.4 Å². The minimum atomic E-state index is -4.26. The third-order valence-corrected chi connectivity index (χ3v) is 6.64. The van der Waals surface area contributed by atoms with Crippen molar-refractivity contribution in [1.29, 1.82) is 0 Å². The van der Waals surface area contributed by atoms with E-state index in [4.69, 9.17) is 5.73 Å². The van der Waals surface area contributed by atoms with Crippen molar-refractivity contribution in [2.24, 2.45) is 5.73 Å². The Morgan fingerprint density at radius 2 is 1.81 bits per heavy atom. The zero-order chi connectivity index (χ0) is 15.7. The van der Waals surface area contributed by atoms with E-state index in [1.165, 1.54) is 15.3 Å². The van der Waals surface area contributed by atoms with E-state index in [9.17, 15) is 21.6 Å². The Labute approximate surface area is 125 Å². The first-order valence-corrected chi connectivity index (χ1v) is 8.56. The average molecular weight is 343 g/mol. The highest BCUT2D eigenvalue weighted by molar-refractivity contribution is 7.91. The van der Waals surface area contributed by atoms with Gasteiger partial charge in [-0.1, -0.05) is 0 Å². The number of sulfonamides is 1. The van der Waals surface area contributed by atoms with E-state index in [0.29, 0.717) is 0 Å². The molecule has 0 atom stereocenters. The summed E-state index contributed by atoms with van der Waals surface area (Å²) < 4.78 is 63.0. The zero-order valence-electron chi connectivity index (χ0n) is 11.1. The molecular weight excluding hydrogens is 327 g/mol. The lowest BCUT2D eigenvalue weighted by Gasteiger charge is -2.33. The van der Waals surface area contributed by atoms with Gasteiger partial charge in [-0.3, -0.25) is 4.90 Å². The third kappa shape index (κ3) is 4.16. The van der Waals surface area contributed by atoms with Crippen molar-refractivity contribution in [2.45, 2.75) is 16.9 Å². The Hall–Kier alpha value is -0.680. The molecule has 0 spiro atoms. The molecular formula is C11H16F3N3O2S2. The number of thiophene rings is 1. The second-order valence-corrected chi connectivity index (χ2v) is 8.05. The van der Waals surface area contributed by atoms with Gasteiger partial charge in [0.1, 0.15) is 4.21 Å². The minimum Gasteiger partial charge on any atom is -0.326 e. The van der Waals surface area contributed by atoms with Crippen LogP contribution in [-0.4, -0.2) is 56.5 Å². The van der Waals surface area contributed by atoms with E-state index in [1.807, 2.05) is 0 Å². The molecule has 21 heavy (non-hydrogen) atoms. The minimum absolute atomic E-state index is 0.0638. The average Bonchev–Trinajstić information content (AvgIpc) is 2.87. The van der Waals surface area contributed by atoms with Crippen LogP contribution in [0, 0.1) is 0 Å². The molecule has 0 amide bonds. The first kappa shape index (κ1) is 16.7. The Morgan fingerprint density at radius 1 is 1.19 bits per heavy atom. The van der Waals surface area contributed by atoms with Crippen molar-refractivity contribution in [3.8, 4) is 0 Å². The Bertz CT molecular complexity index is 578. The molecule has 1 aromatic heterocycles. The second-order valence-electron chi connectivity index (χ2n) is 4.72. The van der Waals surface area contributed by atoms with Gasteiger partial charge in [-0.15, -0.1) is 11.3 Å². The fourth-order valence-corrected chi connectivity index (χ4v) is 4.93. The van der Waals surface area contributed by atoms with Gasteiger partial charge in [-0.25, -0.2) is 8.42 Å². The van der Waals surface area contributed by atoms with Crippen molar-refractivity contribution < 1.29 is 21.6 Å². The summed E-state index contributed by atoms with van der Waals surface area (Å²) in [7, 11) is -3.63. The summed E-state index contributed by atoms with van der Waals surface area (Å²) in [5.41, 5.74) is 5.45. The molecule has 2 rings (SSSR count). The summed E-state index contributed by atoms with van der Waals surface area (Å²) in [6.45, 7) is -0.457. The van der Waals surface area contributed by atoms with Crippen LogP contribution in [0.1, 0.15) is 4.88 Å². The van der Waals surface area contributed by atoms with Gasteiger partial charge in [-0.2, -0.15) is 17.5 Å². The summed E-state index contributed by atoms with van der Waals surface area (Å²) in [4.78, 5) is 1.97. The summed E-state index contributed by atoms with van der Waals surface area (Å²) in [5, 5.41) is 0. The number of rotatable bonds is 4. The van der Waals surface area contributed by atoms with Crippen LogP contribution >= 0.6 is 11.3 Å². The Balaban J connectivity index is 2.01. The molecule has 0 bridgehead atoms. The fraction of sp³-hybridized carbons (Fsp3) is 0.636. The molecule has 0 unspecified atom stereocenters. The van der Waals surface area contributed by atoms with E-state index in [0.717, 1.165) is 16.2 Å². The highest BCUT2D eigenvalue weighted by atomic mass is 32.2. The van der Waals surface area contributed by atoms with Crippen LogP contribution in [0.2, 0.25) is 0 Å². The van der Waals surface area contributed by atoms with Crippen LogP contribution in [0.5, 0.6) is 0 Å². The lowest BCUT2D eigenvalue weighted by molar-refractivity contribution is -0.148. The standard InChI is InChI=1S/C11H16F3N3O2S2/c12-11(13,14)8-16-3-5-17(6-4-16)21(18,19)10-2-1-9(7-15)20-10/h1-2H,3-8,15H2. The smallest absolute Gasteiger partial charge is 0.326 e. The normalized spacial score (nSPS) is 19.0. The van der Waals surface area contributed by atoms with Crippen LogP contribution < -0.4 is 5.73 Å². The van der Waals surface area contributed by atoms with Gasteiger partial charge in [0.15, 0.2) is 0 Å². The van der Waals surface area contributed by atoms with Gasteiger partial charge >= 0.3 is 6.18 Å². The predicted octanol–water partition coefficient (Wildman–Crippen LogP) is 1.08. The van der Waals surface area contributed by atoms with Crippen molar-refractivity contribution in [2.75, 3.05) is 32.7 Å².